The summed E-state index contributed by atoms with van der Waals surface area (Å²) < 4.78 is 0. The van der Waals surface area contributed by atoms with Gasteiger partial charge in [0, 0.05) is 11.1 Å². The number of benzene rings is 1. The van der Waals surface area contributed by atoms with Crippen molar-refractivity contribution < 1.29 is 9.59 Å². The molecule has 0 saturated carbocycles. The number of nitrogens with one attached hydrogen (secondary N) is 2. The van der Waals surface area contributed by atoms with Crippen LogP contribution in [-0.4, -0.2) is 17.9 Å². The molecule has 1 unspecified atom stereocenters. The number of halogens is 1. The Bertz CT molecular complexity index is 444. The van der Waals surface area contributed by atoms with Gasteiger partial charge in [-0.1, -0.05) is 23.7 Å². The van der Waals surface area contributed by atoms with Gasteiger partial charge in [0.1, 0.15) is 0 Å². The summed E-state index contributed by atoms with van der Waals surface area (Å²) in [5, 5.41) is 6.07. The Morgan fingerprint density at radius 3 is 2.53 bits per heavy atom. The summed E-state index contributed by atoms with van der Waals surface area (Å²) in [6, 6.07) is 6.95. The van der Waals surface area contributed by atoms with Gasteiger partial charge in [0.25, 0.3) is 0 Å². The minimum absolute atomic E-state index is 0.00563. The molecule has 1 fully saturated rings. The van der Waals surface area contributed by atoms with Gasteiger partial charge in [0.05, 0.1) is 12.5 Å². The molecular formula is C12H13ClN2O2. The van der Waals surface area contributed by atoms with Crippen LogP contribution in [0.2, 0.25) is 5.02 Å². The highest BCUT2D eigenvalue weighted by Gasteiger charge is 2.31. The zero-order valence-corrected chi connectivity index (χ0v) is 10.1. The van der Waals surface area contributed by atoms with E-state index in [4.69, 9.17) is 11.6 Å². The zero-order chi connectivity index (χ0) is 12.4. The molecule has 2 amide bonds. The molecule has 1 aliphatic rings. The van der Waals surface area contributed by atoms with Crippen molar-refractivity contribution in [1.82, 2.24) is 10.6 Å². The van der Waals surface area contributed by atoms with E-state index in [1.165, 1.54) is 0 Å². The molecule has 2 rings (SSSR count). The Hall–Kier alpha value is -1.39. The summed E-state index contributed by atoms with van der Waals surface area (Å²) in [4.78, 5) is 22.4. The third-order valence-electron chi connectivity index (χ3n) is 2.79. The number of carbonyl (C=O) groups excluding carboxylic acids is 2. The molecule has 1 saturated heterocycles. The molecule has 1 aliphatic heterocycles. The van der Waals surface area contributed by atoms with E-state index in [1.807, 2.05) is 19.1 Å². The summed E-state index contributed by atoms with van der Waals surface area (Å²) in [5.41, 5.74) is 1.03. The van der Waals surface area contributed by atoms with E-state index >= 15 is 0 Å². The van der Waals surface area contributed by atoms with Gasteiger partial charge in [0.15, 0.2) is 0 Å². The highest BCUT2D eigenvalue weighted by molar-refractivity contribution is 6.30. The number of carbonyl (C=O) groups is 2. The molecule has 90 valence electrons. The molecule has 1 heterocycles. The normalized spacial score (nSPS) is 21.4. The van der Waals surface area contributed by atoms with Gasteiger partial charge in [-0.25, -0.2) is 0 Å². The first-order chi connectivity index (χ1) is 8.06. The van der Waals surface area contributed by atoms with Crippen molar-refractivity contribution in [1.29, 1.82) is 0 Å². The average Bonchev–Trinajstić information content (AvgIpc) is 2.58. The molecule has 0 spiro atoms. The number of hydrogen-bond acceptors (Lipinski definition) is 3. The van der Waals surface area contributed by atoms with Crippen molar-refractivity contribution in [2.45, 2.75) is 25.4 Å². The Labute approximate surface area is 104 Å². The van der Waals surface area contributed by atoms with Crippen LogP contribution in [0.1, 0.15) is 24.9 Å². The van der Waals surface area contributed by atoms with Crippen molar-refractivity contribution >= 4 is 23.4 Å². The van der Waals surface area contributed by atoms with Gasteiger partial charge in [-0.05, 0) is 24.6 Å². The molecule has 2 atom stereocenters. The summed E-state index contributed by atoms with van der Waals surface area (Å²) in [6.45, 7) is 1.94. The van der Waals surface area contributed by atoms with Crippen LogP contribution in [0.3, 0.4) is 0 Å². The lowest BCUT2D eigenvalue weighted by molar-refractivity contribution is -0.125. The Kier molecular flexibility index (Phi) is 3.45. The first kappa shape index (κ1) is 12.1. The van der Waals surface area contributed by atoms with Crippen LogP contribution in [0, 0.1) is 0 Å². The highest BCUT2D eigenvalue weighted by atomic mass is 35.5. The smallest absolute Gasteiger partial charge is 0.244 e. The Morgan fingerprint density at radius 2 is 2.00 bits per heavy atom. The van der Waals surface area contributed by atoms with Gasteiger partial charge >= 0.3 is 0 Å². The number of hydrogen-bond donors (Lipinski definition) is 2. The number of imide groups is 1. The van der Waals surface area contributed by atoms with Crippen molar-refractivity contribution in [2.24, 2.45) is 0 Å². The lowest BCUT2D eigenvalue weighted by Crippen LogP contribution is -2.37. The highest BCUT2D eigenvalue weighted by Crippen LogP contribution is 2.17. The van der Waals surface area contributed by atoms with Crippen molar-refractivity contribution in [2.75, 3.05) is 0 Å². The van der Waals surface area contributed by atoms with E-state index < -0.39 is 6.04 Å². The first-order valence-corrected chi connectivity index (χ1v) is 5.79. The number of amides is 2. The molecule has 17 heavy (non-hydrogen) atoms. The standard InChI is InChI=1S/C12H13ClN2O2/c1-7(8-2-4-9(13)5-3-8)14-10-6-11(16)15-12(10)17/h2-5,7,10,14H,6H2,1H3,(H,15,16,17)/t7-,10?/m0/s1. The molecular weight excluding hydrogens is 240 g/mol. The Morgan fingerprint density at radius 1 is 1.35 bits per heavy atom. The SMILES string of the molecule is C[C@H](NC1CC(=O)NC1=O)c1ccc(Cl)cc1. The third kappa shape index (κ3) is 2.84. The summed E-state index contributed by atoms with van der Waals surface area (Å²) in [7, 11) is 0. The maximum absolute atomic E-state index is 11.4. The van der Waals surface area contributed by atoms with Crippen LogP contribution in [0.25, 0.3) is 0 Å². The maximum Gasteiger partial charge on any atom is 0.244 e. The van der Waals surface area contributed by atoms with Crippen LogP contribution >= 0.6 is 11.6 Å². The van der Waals surface area contributed by atoms with Crippen LogP contribution < -0.4 is 10.6 Å². The van der Waals surface area contributed by atoms with Crippen LogP contribution in [0.5, 0.6) is 0 Å². The largest absolute Gasteiger partial charge is 0.299 e. The number of rotatable bonds is 3. The molecule has 0 aromatic heterocycles. The van der Waals surface area contributed by atoms with E-state index in [0.29, 0.717) is 5.02 Å². The maximum atomic E-state index is 11.4. The molecule has 5 heteroatoms. The van der Waals surface area contributed by atoms with Crippen molar-refractivity contribution in [3.8, 4) is 0 Å². The minimum Gasteiger partial charge on any atom is -0.299 e. The van der Waals surface area contributed by atoms with E-state index in [0.717, 1.165) is 5.56 Å². The molecule has 0 bridgehead atoms. The topological polar surface area (TPSA) is 58.2 Å². The minimum atomic E-state index is -0.437. The Balaban J connectivity index is 2.01. The molecule has 0 aliphatic carbocycles. The summed E-state index contributed by atoms with van der Waals surface area (Å²) >= 11 is 5.80. The van der Waals surface area contributed by atoms with E-state index in [-0.39, 0.29) is 24.3 Å². The second-order valence-corrected chi connectivity index (χ2v) is 4.55. The van der Waals surface area contributed by atoms with E-state index in [9.17, 15) is 9.59 Å². The lowest BCUT2D eigenvalue weighted by Gasteiger charge is -2.17. The second-order valence-electron chi connectivity index (χ2n) is 4.11. The summed E-state index contributed by atoms with van der Waals surface area (Å²) in [6.07, 6.45) is 0.205. The molecule has 1 aromatic rings. The molecule has 4 nitrogen and oxygen atoms in total. The average molecular weight is 253 g/mol. The second kappa shape index (κ2) is 4.85. The fourth-order valence-electron chi connectivity index (χ4n) is 1.84. The van der Waals surface area contributed by atoms with Gasteiger partial charge in [-0.15, -0.1) is 0 Å². The van der Waals surface area contributed by atoms with Gasteiger partial charge in [-0.2, -0.15) is 0 Å². The van der Waals surface area contributed by atoms with E-state index in [1.54, 1.807) is 12.1 Å². The van der Waals surface area contributed by atoms with Crippen LogP contribution in [0.4, 0.5) is 0 Å². The first-order valence-electron chi connectivity index (χ1n) is 5.41. The monoisotopic (exact) mass is 252 g/mol. The third-order valence-corrected chi connectivity index (χ3v) is 3.04. The van der Waals surface area contributed by atoms with Crippen molar-refractivity contribution in [3.63, 3.8) is 0 Å². The van der Waals surface area contributed by atoms with Crippen LogP contribution in [-0.2, 0) is 9.59 Å². The zero-order valence-electron chi connectivity index (χ0n) is 9.37. The fourth-order valence-corrected chi connectivity index (χ4v) is 1.96. The van der Waals surface area contributed by atoms with E-state index in [2.05, 4.69) is 10.6 Å². The van der Waals surface area contributed by atoms with Crippen LogP contribution in [0.15, 0.2) is 24.3 Å². The quantitative estimate of drug-likeness (QED) is 0.800. The van der Waals surface area contributed by atoms with Gasteiger partial charge in [0.2, 0.25) is 11.8 Å². The fraction of sp³-hybridized carbons (Fsp3) is 0.333. The summed E-state index contributed by atoms with van der Waals surface area (Å²) in [5.74, 6) is -0.480. The lowest BCUT2D eigenvalue weighted by atomic mass is 10.1. The van der Waals surface area contributed by atoms with Gasteiger partial charge < -0.3 is 0 Å². The van der Waals surface area contributed by atoms with Gasteiger partial charge in [-0.3, -0.25) is 20.2 Å². The predicted molar refractivity (Wildman–Crippen MR) is 64.6 cm³/mol. The molecule has 1 aromatic carbocycles. The molecule has 2 N–H and O–H groups in total. The van der Waals surface area contributed by atoms with Crippen molar-refractivity contribution in [3.05, 3.63) is 34.9 Å². The molecule has 0 radical (unpaired) electrons. The predicted octanol–water partition coefficient (Wildman–Crippen LogP) is 1.41.